The molecule has 2 aromatic heterocycles. The Bertz CT molecular complexity index is 905. The number of aromatic nitrogens is 2. The normalized spacial score (nSPS) is 21.6. The van der Waals surface area contributed by atoms with Crippen LogP contribution in [0.15, 0.2) is 41.0 Å². The summed E-state index contributed by atoms with van der Waals surface area (Å²) in [6.45, 7) is 6.30. The van der Waals surface area contributed by atoms with Crippen LogP contribution < -0.4 is 21.7 Å². The smallest absolute Gasteiger partial charge is 0.130 e. The first-order valence-corrected chi connectivity index (χ1v) is 13.6. The van der Waals surface area contributed by atoms with Crippen LogP contribution >= 0.6 is 28.3 Å². The molecule has 0 bridgehead atoms. The molecule has 8 nitrogen and oxygen atoms in total. The van der Waals surface area contributed by atoms with E-state index in [-0.39, 0.29) is 18.0 Å². The van der Waals surface area contributed by atoms with Crippen molar-refractivity contribution < 1.29 is 9.47 Å². The number of halogens is 2. The topological polar surface area (TPSA) is 112 Å². The Labute approximate surface area is 229 Å². The molecule has 6 rings (SSSR count). The van der Waals surface area contributed by atoms with E-state index in [0.29, 0.717) is 17.2 Å². The van der Waals surface area contributed by atoms with Gasteiger partial charge in [-0.05, 0) is 105 Å². The van der Waals surface area contributed by atoms with Gasteiger partial charge in [-0.3, -0.25) is 0 Å². The second-order valence-corrected chi connectivity index (χ2v) is 10.6. The summed E-state index contributed by atoms with van der Waals surface area (Å²) >= 11 is 3.17. The van der Waals surface area contributed by atoms with Crippen molar-refractivity contribution in [3.63, 3.8) is 0 Å². The van der Waals surface area contributed by atoms with Gasteiger partial charge < -0.3 is 31.2 Å². The molecule has 0 aromatic carbocycles. The number of piperidine rings is 2. The van der Waals surface area contributed by atoms with Gasteiger partial charge in [0.2, 0.25) is 0 Å². The summed E-state index contributed by atoms with van der Waals surface area (Å²) in [5.74, 6) is 2.14. The van der Waals surface area contributed by atoms with Crippen LogP contribution in [0.1, 0.15) is 51.4 Å². The highest BCUT2D eigenvalue weighted by Crippen LogP contribution is 2.36. The largest absolute Gasteiger partial charge is 0.384 e. The lowest BCUT2D eigenvalue weighted by molar-refractivity contribution is -0.0190. The van der Waals surface area contributed by atoms with Crippen molar-refractivity contribution in [2.75, 3.05) is 55.8 Å². The third-order valence-corrected chi connectivity index (χ3v) is 7.82. The van der Waals surface area contributed by atoms with Crippen LogP contribution in [-0.2, 0) is 9.47 Å². The van der Waals surface area contributed by atoms with E-state index in [9.17, 15) is 0 Å². The minimum Gasteiger partial charge on any atom is -0.384 e. The van der Waals surface area contributed by atoms with E-state index in [1.54, 1.807) is 6.07 Å². The maximum Gasteiger partial charge on any atom is 0.130 e. The van der Waals surface area contributed by atoms with Crippen LogP contribution in [0.2, 0.25) is 0 Å². The fourth-order valence-corrected chi connectivity index (χ4v) is 5.72. The van der Waals surface area contributed by atoms with Crippen molar-refractivity contribution in [3.8, 4) is 0 Å². The first kappa shape index (κ1) is 28.9. The van der Waals surface area contributed by atoms with Gasteiger partial charge in [0.15, 0.2) is 0 Å². The van der Waals surface area contributed by atoms with Crippen molar-refractivity contribution in [3.05, 3.63) is 41.0 Å². The first-order valence-electron chi connectivity index (χ1n) is 12.8. The van der Waals surface area contributed by atoms with Gasteiger partial charge >= 0.3 is 0 Å². The van der Waals surface area contributed by atoms with Crippen LogP contribution in [0.5, 0.6) is 0 Å². The van der Waals surface area contributed by atoms with Crippen LogP contribution in [0, 0.1) is 0 Å². The van der Waals surface area contributed by atoms with Crippen molar-refractivity contribution >= 4 is 45.8 Å². The summed E-state index contributed by atoms with van der Waals surface area (Å²) in [4.78, 5) is 10.6. The van der Waals surface area contributed by atoms with Crippen LogP contribution in [0.3, 0.4) is 0 Å². The van der Waals surface area contributed by atoms with E-state index >= 15 is 0 Å². The average Bonchev–Trinajstić information content (AvgIpc) is 3.51. The first-order chi connectivity index (χ1) is 17.0. The molecule has 0 aliphatic carbocycles. The third kappa shape index (κ3) is 8.18. The Hall–Kier alpha value is -1.65. The third-order valence-electron chi connectivity index (χ3n) is 7.38. The summed E-state index contributed by atoms with van der Waals surface area (Å²) < 4.78 is 12.4. The van der Waals surface area contributed by atoms with Gasteiger partial charge in [0.05, 0.1) is 11.2 Å². The van der Waals surface area contributed by atoms with Gasteiger partial charge in [-0.2, -0.15) is 0 Å². The number of nitrogens with zero attached hydrogens (tertiary/aromatic N) is 3. The zero-order chi connectivity index (χ0) is 24.6. The zero-order valence-electron chi connectivity index (χ0n) is 21.0. The summed E-state index contributed by atoms with van der Waals surface area (Å²) in [5.41, 5.74) is 11.5. The molecule has 200 valence electrons. The molecule has 4 aliphatic rings. The monoisotopic (exact) mass is 582 g/mol. The van der Waals surface area contributed by atoms with E-state index in [2.05, 4.69) is 36.1 Å². The van der Waals surface area contributed by atoms with Crippen molar-refractivity contribution in [2.45, 2.75) is 62.6 Å². The molecule has 36 heavy (non-hydrogen) atoms. The molecule has 2 aromatic rings. The number of rotatable bonds is 1. The molecular formula is C26H40BrClN6O2. The minimum absolute atomic E-state index is 0. The maximum atomic E-state index is 5.92. The fraction of sp³-hybridized carbons (Fsp3) is 0.615. The molecule has 0 amide bonds. The molecule has 0 saturated carbocycles. The number of hydrogen-bond donors (Lipinski definition) is 3. The fourth-order valence-electron chi connectivity index (χ4n) is 5.36. The summed E-state index contributed by atoms with van der Waals surface area (Å²) in [5, 5.41) is 3.36. The predicted octanol–water partition coefficient (Wildman–Crippen LogP) is 4.58. The van der Waals surface area contributed by atoms with Gasteiger partial charge in [-0.25, -0.2) is 9.97 Å². The number of nitrogen functional groups attached to an aromatic ring is 2. The number of nitrogens with one attached hydrogen (secondary N) is 1. The van der Waals surface area contributed by atoms with Crippen molar-refractivity contribution in [1.82, 2.24) is 15.3 Å². The second-order valence-electron chi connectivity index (χ2n) is 9.81. The Kier molecular flexibility index (Phi) is 11.1. The van der Waals surface area contributed by atoms with Gasteiger partial charge in [0.1, 0.15) is 22.1 Å². The van der Waals surface area contributed by atoms with E-state index in [1.807, 2.05) is 30.3 Å². The number of ether oxygens (including phenoxy) is 2. The number of nitrogens with two attached hydrogens (primary N) is 2. The highest BCUT2D eigenvalue weighted by atomic mass is 79.9. The number of hydrogen-bond acceptors (Lipinski definition) is 8. The van der Waals surface area contributed by atoms with E-state index in [0.717, 1.165) is 62.7 Å². The molecule has 10 heteroatoms. The van der Waals surface area contributed by atoms with Gasteiger partial charge in [0, 0.05) is 26.3 Å². The van der Waals surface area contributed by atoms with Crippen LogP contribution in [-0.4, -0.2) is 60.6 Å². The Morgan fingerprint density at radius 1 is 0.778 bits per heavy atom. The molecule has 0 atom stereocenters. The van der Waals surface area contributed by atoms with E-state index < -0.39 is 0 Å². The Balaban J connectivity index is 0.000000162. The standard InChI is InChI=1S/C13H19N3O.C8H15NO.C5H5BrN2.ClH/c14-11-3-1-4-12(15-11)16-8-6-13(7-9-16)5-2-10-17-13;1-2-8(10-7-1)3-5-9-6-4-8;6-4-2-1-3-5(7)8-4;/h1,3-4H,2,5-10H2,(H2,14,15);9H,1-7H2;1-3H,(H2,7,8);1H. The molecule has 5 N–H and O–H groups in total. The summed E-state index contributed by atoms with van der Waals surface area (Å²) in [6.07, 6.45) is 9.71. The molecular weight excluding hydrogens is 544 g/mol. The summed E-state index contributed by atoms with van der Waals surface area (Å²) in [7, 11) is 0. The van der Waals surface area contributed by atoms with Crippen LogP contribution in [0.4, 0.5) is 17.5 Å². The zero-order valence-corrected chi connectivity index (χ0v) is 23.4. The average molecular weight is 584 g/mol. The number of pyridine rings is 2. The van der Waals surface area contributed by atoms with Gasteiger partial charge in [0.25, 0.3) is 0 Å². The lowest BCUT2D eigenvalue weighted by Gasteiger charge is -2.39. The van der Waals surface area contributed by atoms with E-state index in [1.165, 1.54) is 38.5 Å². The van der Waals surface area contributed by atoms with Crippen molar-refractivity contribution in [1.29, 1.82) is 0 Å². The lowest BCUT2D eigenvalue weighted by Crippen LogP contribution is -2.44. The van der Waals surface area contributed by atoms with Gasteiger partial charge in [-0.1, -0.05) is 12.1 Å². The quantitative estimate of drug-likeness (QED) is 0.419. The lowest BCUT2D eigenvalue weighted by atomic mass is 9.89. The SMILES string of the molecule is C1COC2(C1)CCNCC2.Cl.Nc1cccc(Br)n1.Nc1cccc(N2CCC3(CCCO3)CC2)n1. The van der Waals surface area contributed by atoms with E-state index in [4.69, 9.17) is 20.9 Å². The molecule has 6 heterocycles. The molecule has 4 saturated heterocycles. The highest BCUT2D eigenvalue weighted by Gasteiger charge is 2.38. The molecule has 0 radical (unpaired) electrons. The molecule has 0 unspecified atom stereocenters. The maximum absolute atomic E-state index is 5.92. The van der Waals surface area contributed by atoms with Crippen LogP contribution in [0.25, 0.3) is 0 Å². The molecule has 4 fully saturated rings. The summed E-state index contributed by atoms with van der Waals surface area (Å²) in [6, 6.07) is 11.2. The van der Waals surface area contributed by atoms with Crippen molar-refractivity contribution in [2.24, 2.45) is 0 Å². The van der Waals surface area contributed by atoms with Gasteiger partial charge in [-0.15, -0.1) is 12.4 Å². The molecule has 2 spiro atoms. The number of anilines is 3. The minimum atomic E-state index is 0. The Morgan fingerprint density at radius 3 is 1.81 bits per heavy atom. The Morgan fingerprint density at radius 2 is 1.33 bits per heavy atom. The predicted molar refractivity (Wildman–Crippen MR) is 152 cm³/mol. The molecule has 4 aliphatic heterocycles. The highest BCUT2D eigenvalue weighted by molar-refractivity contribution is 9.10. The second kappa shape index (κ2) is 13.8.